The molecule has 0 aliphatic rings. The Morgan fingerprint density at radius 3 is 2.35 bits per heavy atom. The molecule has 2 aromatic carbocycles. The minimum Gasteiger partial charge on any atom is -0.497 e. The van der Waals surface area contributed by atoms with E-state index in [0.29, 0.717) is 23.6 Å². The number of hydrogen-bond acceptors (Lipinski definition) is 5. The van der Waals surface area contributed by atoms with E-state index in [1.165, 1.54) is 21.3 Å². The van der Waals surface area contributed by atoms with Crippen molar-refractivity contribution in [1.29, 1.82) is 0 Å². The predicted octanol–water partition coefficient (Wildman–Crippen LogP) is 2.61. The summed E-state index contributed by atoms with van der Waals surface area (Å²) in [7, 11) is 4.31. The summed E-state index contributed by atoms with van der Waals surface area (Å²) >= 11 is 0. The summed E-state index contributed by atoms with van der Waals surface area (Å²) in [4.78, 5) is 24.4. The highest BCUT2D eigenvalue weighted by atomic mass is 16.5. The molecule has 1 unspecified atom stereocenters. The molecule has 0 radical (unpaired) electrons. The molecule has 7 nitrogen and oxygen atoms in total. The van der Waals surface area contributed by atoms with E-state index in [1.807, 2.05) is 30.3 Å². The largest absolute Gasteiger partial charge is 0.497 e. The van der Waals surface area contributed by atoms with E-state index in [-0.39, 0.29) is 0 Å². The van der Waals surface area contributed by atoms with Gasteiger partial charge in [-0.1, -0.05) is 30.3 Å². The molecule has 1 atom stereocenters. The van der Waals surface area contributed by atoms with Gasteiger partial charge in [-0.2, -0.15) is 0 Å². The first-order valence-electron chi connectivity index (χ1n) is 7.98. The molecule has 0 aliphatic heterocycles. The first kappa shape index (κ1) is 19.1. The third kappa shape index (κ3) is 5.14. The van der Waals surface area contributed by atoms with Gasteiger partial charge in [0.1, 0.15) is 17.5 Å². The third-order valence-corrected chi connectivity index (χ3v) is 3.73. The van der Waals surface area contributed by atoms with Crippen LogP contribution in [0.1, 0.15) is 5.56 Å². The number of hydrogen-bond donors (Lipinski definition) is 2. The predicted molar refractivity (Wildman–Crippen MR) is 97.7 cm³/mol. The zero-order valence-corrected chi connectivity index (χ0v) is 14.9. The van der Waals surface area contributed by atoms with Crippen molar-refractivity contribution in [2.24, 2.45) is 0 Å². The maximum atomic E-state index is 12.4. The van der Waals surface area contributed by atoms with Gasteiger partial charge >= 0.3 is 12.0 Å². The molecule has 0 heterocycles. The molecule has 0 fully saturated rings. The van der Waals surface area contributed by atoms with Crippen molar-refractivity contribution >= 4 is 17.7 Å². The number of anilines is 1. The smallest absolute Gasteiger partial charge is 0.328 e. The van der Waals surface area contributed by atoms with Crippen LogP contribution in [0.15, 0.2) is 48.5 Å². The van der Waals surface area contributed by atoms with Crippen molar-refractivity contribution in [3.8, 4) is 11.5 Å². The second-order valence-corrected chi connectivity index (χ2v) is 5.43. The quantitative estimate of drug-likeness (QED) is 0.743. The fraction of sp³-hybridized carbons (Fsp3) is 0.263. The number of carbonyl (C=O) groups is 2. The highest BCUT2D eigenvalue weighted by Gasteiger charge is 2.22. The van der Waals surface area contributed by atoms with Gasteiger partial charge in [-0.25, -0.2) is 9.59 Å². The van der Waals surface area contributed by atoms with Gasteiger partial charge in [-0.3, -0.25) is 0 Å². The lowest BCUT2D eigenvalue weighted by atomic mass is 10.1. The number of urea groups is 1. The van der Waals surface area contributed by atoms with Gasteiger partial charge in [0.25, 0.3) is 0 Å². The Hall–Kier alpha value is -3.22. The minimum absolute atomic E-state index is 0.316. The molecule has 138 valence electrons. The highest BCUT2D eigenvalue weighted by molar-refractivity contribution is 5.94. The SMILES string of the molecule is COC(=O)C(Cc1ccccc1)NC(=O)Nc1cc(OC)ccc1OC. The topological polar surface area (TPSA) is 85.9 Å². The number of benzene rings is 2. The number of esters is 1. The normalized spacial score (nSPS) is 11.2. The highest BCUT2D eigenvalue weighted by Crippen LogP contribution is 2.28. The second-order valence-electron chi connectivity index (χ2n) is 5.43. The van der Waals surface area contributed by atoms with Gasteiger partial charge in [-0.05, 0) is 17.7 Å². The van der Waals surface area contributed by atoms with Gasteiger partial charge in [0.2, 0.25) is 0 Å². The van der Waals surface area contributed by atoms with Crippen LogP contribution in [-0.4, -0.2) is 39.4 Å². The van der Waals surface area contributed by atoms with Crippen LogP contribution in [0.4, 0.5) is 10.5 Å². The number of amides is 2. The van der Waals surface area contributed by atoms with Crippen LogP contribution in [0.2, 0.25) is 0 Å². The molecule has 2 rings (SSSR count). The number of methoxy groups -OCH3 is 3. The number of rotatable bonds is 7. The van der Waals surface area contributed by atoms with Crippen molar-refractivity contribution in [3.63, 3.8) is 0 Å². The van der Waals surface area contributed by atoms with Crippen LogP contribution in [0.25, 0.3) is 0 Å². The van der Waals surface area contributed by atoms with Crippen LogP contribution in [0, 0.1) is 0 Å². The van der Waals surface area contributed by atoms with Gasteiger partial charge < -0.3 is 24.8 Å². The second kappa shape index (κ2) is 9.31. The van der Waals surface area contributed by atoms with Crippen molar-refractivity contribution in [2.45, 2.75) is 12.5 Å². The Morgan fingerprint density at radius 2 is 1.73 bits per heavy atom. The molecule has 26 heavy (non-hydrogen) atoms. The molecular weight excluding hydrogens is 336 g/mol. The minimum atomic E-state index is -0.820. The average Bonchev–Trinajstić information content (AvgIpc) is 2.67. The summed E-state index contributed by atoms with van der Waals surface area (Å²) in [5.41, 5.74) is 1.33. The zero-order valence-electron chi connectivity index (χ0n) is 14.9. The van der Waals surface area contributed by atoms with E-state index in [4.69, 9.17) is 14.2 Å². The van der Waals surface area contributed by atoms with E-state index in [1.54, 1.807) is 18.2 Å². The fourth-order valence-corrected chi connectivity index (χ4v) is 2.41. The van der Waals surface area contributed by atoms with Crippen LogP contribution in [-0.2, 0) is 16.0 Å². The summed E-state index contributed by atoms with van der Waals surface area (Å²) in [6.07, 6.45) is 0.316. The van der Waals surface area contributed by atoms with Gasteiger partial charge in [-0.15, -0.1) is 0 Å². The van der Waals surface area contributed by atoms with E-state index in [2.05, 4.69) is 10.6 Å². The Balaban J connectivity index is 2.11. The van der Waals surface area contributed by atoms with Crippen LogP contribution < -0.4 is 20.1 Å². The van der Waals surface area contributed by atoms with Crippen molar-refractivity contribution in [2.75, 3.05) is 26.6 Å². The maximum absolute atomic E-state index is 12.4. The summed E-state index contributed by atoms with van der Waals surface area (Å²) < 4.78 is 15.2. The zero-order chi connectivity index (χ0) is 18.9. The molecular formula is C19H22N2O5. The molecule has 0 aromatic heterocycles. The molecule has 0 saturated carbocycles. The van der Waals surface area contributed by atoms with Gasteiger partial charge in [0.15, 0.2) is 0 Å². The van der Waals surface area contributed by atoms with Gasteiger partial charge in [0, 0.05) is 12.5 Å². The molecule has 2 aromatic rings. The molecule has 0 spiro atoms. The molecule has 0 aliphatic carbocycles. The molecule has 2 N–H and O–H groups in total. The van der Waals surface area contributed by atoms with Crippen LogP contribution in [0.5, 0.6) is 11.5 Å². The van der Waals surface area contributed by atoms with E-state index < -0.39 is 18.0 Å². The average molecular weight is 358 g/mol. The molecule has 7 heteroatoms. The van der Waals surface area contributed by atoms with Crippen molar-refractivity contribution in [3.05, 3.63) is 54.1 Å². The lowest BCUT2D eigenvalue weighted by Gasteiger charge is -2.18. The standard InChI is InChI=1S/C19H22N2O5/c1-24-14-9-10-17(25-2)15(12-14)20-19(23)21-16(18(22)26-3)11-13-7-5-4-6-8-13/h4-10,12,16H,11H2,1-3H3,(H2,20,21,23). The van der Waals surface area contributed by atoms with Crippen LogP contribution in [0.3, 0.4) is 0 Å². The number of nitrogens with one attached hydrogen (secondary N) is 2. The van der Waals surface area contributed by atoms with Crippen molar-refractivity contribution in [1.82, 2.24) is 5.32 Å². The summed E-state index contributed by atoms with van der Waals surface area (Å²) in [5, 5.41) is 5.30. The maximum Gasteiger partial charge on any atom is 0.328 e. The fourth-order valence-electron chi connectivity index (χ4n) is 2.41. The number of carbonyl (C=O) groups excluding carboxylic acids is 2. The molecule has 0 bridgehead atoms. The first-order valence-corrected chi connectivity index (χ1v) is 7.98. The molecule has 2 amide bonds. The Kier molecular flexibility index (Phi) is 6.84. The van der Waals surface area contributed by atoms with E-state index >= 15 is 0 Å². The summed E-state index contributed by atoms with van der Waals surface area (Å²) in [6, 6.07) is 13.0. The molecule has 0 saturated heterocycles. The summed E-state index contributed by atoms with van der Waals surface area (Å²) in [6.45, 7) is 0. The lowest BCUT2D eigenvalue weighted by Crippen LogP contribution is -2.45. The van der Waals surface area contributed by atoms with Crippen molar-refractivity contribution < 1.29 is 23.8 Å². The first-order chi connectivity index (χ1) is 12.6. The Labute approximate surface area is 152 Å². The van der Waals surface area contributed by atoms with E-state index in [9.17, 15) is 9.59 Å². The lowest BCUT2D eigenvalue weighted by molar-refractivity contribution is -0.142. The number of ether oxygens (including phenoxy) is 3. The Morgan fingerprint density at radius 1 is 1.00 bits per heavy atom. The third-order valence-electron chi connectivity index (χ3n) is 3.73. The summed E-state index contributed by atoms with van der Waals surface area (Å²) in [5.74, 6) is 0.509. The van der Waals surface area contributed by atoms with E-state index in [0.717, 1.165) is 5.56 Å². The monoisotopic (exact) mass is 358 g/mol. The van der Waals surface area contributed by atoms with Crippen LogP contribution >= 0.6 is 0 Å². The Bertz CT molecular complexity index is 749. The van der Waals surface area contributed by atoms with Gasteiger partial charge in [0.05, 0.1) is 27.0 Å².